The first kappa shape index (κ1) is 14.6. The molecule has 1 unspecified atom stereocenters. The maximum Gasteiger partial charge on any atom is 0.0550 e. The number of allylic oxidation sites excluding steroid dienone is 1. The minimum Gasteiger partial charge on any atom is -0.307 e. The second-order valence-electron chi connectivity index (χ2n) is 5.35. The van der Waals surface area contributed by atoms with Crippen molar-refractivity contribution in [3.63, 3.8) is 0 Å². The Labute approximate surface area is 122 Å². The number of aryl methyl sites for hydroxylation is 1. The summed E-state index contributed by atoms with van der Waals surface area (Å²) in [6, 6.07) is 6.64. The van der Waals surface area contributed by atoms with Crippen molar-refractivity contribution < 1.29 is 0 Å². The summed E-state index contributed by atoms with van der Waals surface area (Å²) in [6.45, 7) is 5.20. The lowest BCUT2D eigenvalue weighted by Crippen LogP contribution is -2.23. The standard InChI is InChI=1S/C17H24ClN/c1-3-19-17(14-10-6-4-5-7-11-14)15-12-8-9-13(2)16(15)18/h8-10,12,17,19H,3-7,11H2,1-2H3. The van der Waals surface area contributed by atoms with Crippen LogP contribution in [0.25, 0.3) is 0 Å². The van der Waals surface area contributed by atoms with Gasteiger partial charge in [0, 0.05) is 5.02 Å². The second kappa shape index (κ2) is 7.12. The Balaban J connectivity index is 2.33. The fourth-order valence-electron chi connectivity index (χ4n) is 2.84. The van der Waals surface area contributed by atoms with Gasteiger partial charge < -0.3 is 5.32 Å². The quantitative estimate of drug-likeness (QED) is 0.747. The second-order valence-corrected chi connectivity index (χ2v) is 5.73. The van der Waals surface area contributed by atoms with E-state index < -0.39 is 0 Å². The van der Waals surface area contributed by atoms with Crippen LogP contribution in [0.1, 0.15) is 56.2 Å². The molecule has 0 radical (unpaired) electrons. The van der Waals surface area contributed by atoms with Crippen LogP contribution in [-0.4, -0.2) is 6.54 Å². The van der Waals surface area contributed by atoms with Crippen LogP contribution in [0.4, 0.5) is 0 Å². The van der Waals surface area contributed by atoms with Crippen LogP contribution in [-0.2, 0) is 0 Å². The van der Waals surface area contributed by atoms with E-state index in [1.165, 1.54) is 43.2 Å². The van der Waals surface area contributed by atoms with Gasteiger partial charge in [-0.1, -0.05) is 54.8 Å². The molecule has 1 aromatic rings. The number of benzene rings is 1. The zero-order chi connectivity index (χ0) is 13.7. The van der Waals surface area contributed by atoms with Crippen LogP contribution < -0.4 is 5.32 Å². The summed E-state index contributed by atoms with van der Waals surface area (Å²) >= 11 is 6.52. The van der Waals surface area contributed by atoms with Crippen molar-refractivity contribution in [1.82, 2.24) is 5.32 Å². The molecule has 0 fully saturated rings. The van der Waals surface area contributed by atoms with E-state index in [0.29, 0.717) is 0 Å². The van der Waals surface area contributed by atoms with E-state index in [-0.39, 0.29) is 6.04 Å². The zero-order valence-corrected chi connectivity index (χ0v) is 12.8. The summed E-state index contributed by atoms with van der Waals surface area (Å²) in [7, 11) is 0. The minimum atomic E-state index is 0.287. The van der Waals surface area contributed by atoms with Crippen LogP contribution in [0.2, 0.25) is 5.02 Å². The zero-order valence-electron chi connectivity index (χ0n) is 12.0. The maximum absolute atomic E-state index is 6.52. The largest absolute Gasteiger partial charge is 0.307 e. The predicted octanol–water partition coefficient (Wildman–Crippen LogP) is 5.19. The van der Waals surface area contributed by atoms with Crippen LogP contribution in [0.15, 0.2) is 29.8 Å². The Morgan fingerprint density at radius 2 is 2.11 bits per heavy atom. The molecule has 0 saturated carbocycles. The summed E-state index contributed by atoms with van der Waals surface area (Å²) < 4.78 is 0. The average molecular weight is 278 g/mol. The topological polar surface area (TPSA) is 12.0 Å². The highest BCUT2D eigenvalue weighted by Crippen LogP contribution is 2.34. The van der Waals surface area contributed by atoms with E-state index in [1.54, 1.807) is 0 Å². The number of hydrogen-bond acceptors (Lipinski definition) is 1. The molecule has 2 rings (SSSR count). The number of halogens is 1. The fraction of sp³-hybridized carbons (Fsp3) is 0.529. The SMILES string of the molecule is CCNC(C1=CCCCCC1)c1cccc(C)c1Cl. The third-order valence-electron chi connectivity index (χ3n) is 3.89. The van der Waals surface area contributed by atoms with Gasteiger partial charge in [0.2, 0.25) is 0 Å². The van der Waals surface area contributed by atoms with Gasteiger partial charge in [0.15, 0.2) is 0 Å². The third-order valence-corrected chi connectivity index (χ3v) is 4.40. The molecule has 0 amide bonds. The number of likely N-dealkylation sites (N-methyl/N-ethyl adjacent to an activating group) is 1. The molecule has 2 heteroatoms. The lowest BCUT2D eigenvalue weighted by Gasteiger charge is -2.23. The summed E-state index contributed by atoms with van der Waals surface area (Å²) in [6.07, 6.45) is 8.81. The molecule has 0 spiro atoms. The molecule has 1 aromatic carbocycles. The normalized spacial score (nSPS) is 17.7. The molecule has 1 atom stereocenters. The average Bonchev–Trinajstić information content (AvgIpc) is 2.68. The Bertz CT molecular complexity index is 451. The van der Waals surface area contributed by atoms with Crippen LogP contribution >= 0.6 is 11.6 Å². The lowest BCUT2D eigenvalue weighted by atomic mass is 9.94. The first-order valence-corrected chi connectivity index (χ1v) is 7.79. The third kappa shape index (κ3) is 3.61. The van der Waals surface area contributed by atoms with E-state index in [9.17, 15) is 0 Å². The molecule has 104 valence electrons. The molecule has 1 N–H and O–H groups in total. The molecular weight excluding hydrogens is 254 g/mol. The highest BCUT2D eigenvalue weighted by atomic mass is 35.5. The van der Waals surface area contributed by atoms with E-state index in [2.05, 4.69) is 43.4 Å². The molecule has 19 heavy (non-hydrogen) atoms. The number of rotatable bonds is 4. The Hall–Kier alpha value is -0.790. The maximum atomic E-state index is 6.52. The first-order chi connectivity index (χ1) is 9.24. The number of nitrogens with one attached hydrogen (secondary N) is 1. The van der Waals surface area contributed by atoms with Crippen molar-refractivity contribution in [2.24, 2.45) is 0 Å². The molecule has 0 heterocycles. The molecule has 1 aliphatic rings. The molecule has 0 bridgehead atoms. The lowest BCUT2D eigenvalue weighted by molar-refractivity contribution is 0.589. The monoisotopic (exact) mass is 277 g/mol. The molecule has 0 aromatic heterocycles. The minimum absolute atomic E-state index is 0.287. The van der Waals surface area contributed by atoms with Crippen molar-refractivity contribution >= 4 is 11.6 Å². The molecule has 1 nitrogen and oxygen atoms in total. The Morgan fingerprint density at radius 1 is 1.26 bits per heavy atom. The van der Waals surface area contributed by atoms with Gasteiger partial charge >= 0.3 is 0 Å². The van der Waals surface area contributed by atoms with Gasteiger partial charge in [-0.05, 0) is 50.3 Å². The van der Waals surface area contributed by atoms with Gasteiger partial charge in [0.1, 0.15) is 0 Å². The van der Waals surface area contributed by atoms with E-state index in [4.69, 9.17) is 11.6 Å². The van der Waals surface area contributed by atoms with Crippen LogP contribution in [0.3, 0.4) is 0 Å². The van der Waals surface area contributed by atoms with Gasteiger partial charge in [-0.2, -0.15) is 0 Å². The van der Waals surface area contributed by atoms with Crippen molar-refractivity contribution in [1.29, 1.82) is 0 Å². The van der Waals surface area contributed by atoms with Gasteiger partial charge in [0.25, 0.3) is 0 Å². The number of hydrogen-bond donors (Lipinski definition) is 1. The molecule has 0 saturated heterocycles. The Morgan fingerprint density at radius 3 is 2.89 bits per heavy atom. The van der Waals surface area contributed by atoms with Crippen molar-refractivity contribution in [3.8, 4) is 0 Å². The highest BCUT2D eigenvalue weighted by molar-refractivity contribution is 6.32. The van der Waals surface area contributed by atoms with Gasteiger partial charge in [-0.3, -0.25) is 0 Å². The van der Waals surface area contributed by atoms with E-state index in [1.807, 2.05) is 0 Å². The predicted molar refractivity (Wildman–Crippen MR) is 83.8 cm³/mol. The van der Waals surface area contributed by atoms with Crippen LogP contribution in [0, 0.1) is 6.92 Å². The molecule has 1 aliphatic carbocycles. The smallest absolute Gasteiger partial charge is 0.0550 e. The fourth-order valence-corrected chi connectivity index (χ4v) is 3.08. The van der Waals surface area contributed by atoms with Gasteiger partial charge in [0.05, 0.1) is 6.04 Å². The van der Waals surface area contributed by atoms with Crippen molar-refractivity contribution in [2.75, 3.05) is 6.54 Å². The Kier molecular flexibility index (Phi) is 5.47. The summed E-state index contributed by atoms with van der Waals surface area (Å²) in [5, 5.41) is 4.53. The molecule has 0 aliphatic heterocycles. The molecular formula is C17H24ClN. The van der Waals surface area contributed by atoms with Crippen molar-refractivity contribution in [3.05, 3.63) is 46.0 Å². The van der Waals surface area contributed by atoms with Crippen molar-refractivity contribution in [2.45, 2.75) is 52.0 Å². The first-order valence-electron chi connectivity index (χ1n) is 7.41. The van der Waals surface area contributed by atoms with E-state index >= 15 is 0 Å². The van der Waals surface area contributed by atoms with E-state index in [0.717, 1.165) is 17.1 Å². The van der Waals surface area contributed by atoms with Crippen LogP contribution in [0.5, 0.6) is 0 Å². The summed E-state index contributed by atoms with van der Waals surface area (Å²) in [5.74, 6) is 0. The van der Waals surface area contributed by atoms with Gasteiger partial charge in [-0.25, -0.2) is 0 Å². The van der Waals surface area contributed by atoms with Gasteiger partial charge in [-0.15, -0.1) is 0 Å². The summed E-state index contributed by atoms with van der Waals surface area (Å²) in [4.78, 5) is 0. The summed E-state index contributed by atoms with van der Waals surface area (Å²) in [5.41, 5.74) is 3.92. The highest BCUT2D eigenvalue weighted by Gasteiger charge is 2.19.